The number of ether oxygens (including phenoxy) is 2. The standard InChI is InChI=1S/C24H18FN3O5/c1-32-22-11-4-17(12-18(14-26)24(29)27-20-7-5-19(25)6-8-20)23(13-22)33-15-16-2-9-21(10-3-16)28(30)31/h2-13H,15H2,1H3,(H,27,29)/b18-12+. The average molecular weight is 447 g/mol. The predicted molar refractivity (Wildman–Crippen MR) is 119 cm³/mol. The highest BCUT2D eigenvalue weighted by Crippen LogP contribution is 2.28. The van der Waals surface area contributed by atoms with Gasteiger partial charge in [-0.1, -0.05) is 0 Å². The molecule has 8 nitrogen and oxygen atoms in total. The van der Waals surface area contributed by atoms with Crippen molar-refractivity contribution in [1.82, 2.24) is 0 Å². The Morgan fingerprint density at radius 3 is 2.45 bits per heavy atom. The molecule has 0 heterocycles. The number of amides is 1. The van der Waals surface area contributed by atoms with Crippen molar-refractivity contribution in [2.24, 2.45) is 0 Å². The van der Waals surface area contributed by atoms with Crippen LogP contribution in [-0.4, -0.2) is 17.9 Å². The van der Waals surface area contributed by atoms with Gasteiger partial charge in [0.25, 0.3) is 11.6 Å². The molecule has 0 spiro atoms. The zero-order valence-electron chi connectivity index (χ0n) is 17.4. The number of carbonyl (C=O) groups excluding carboxylic acids is 1. The Kier molecular flexibility index (Phi) is 7.34. The highest BCUT2D eigenvalue weighted by atomic mass is 19.1. The van der Waals surface area contributed by atoms with Crippen LogP contribution in [0.1, 0.15) is 11.1 Å². The third-order valence-electron chi connectivity index (χ3n) is 4.53. The fourth-order valence-electron chi connectivity index (χ4n) is 2.80. The molecule has 3 aromatic rings. The largest absolute Gasteiger partial charge is 0.497 e. The molecule has 166 valence electrons. The number of hydrogen-bond donors (Lipinski definition) is 1. The number of halogens is 1. The first-order valence-corrected chi connectivity index (χ1v) is 9.62. The Bertz CT molecular complexity index is 1230. The molecule has 0 fully saturated rings. The van der Waals surface area contributed by atoms with Crippen molar-refractivity contribution in [2.45, 2.75) is 6.61 Å². The van der Waals surface area contributed by atoms with E-state index in [1.807, 2.05) is 6.07 Å². The summed E-state index contributed by atoms with van der Waals surface area (Å²) in [7, 11) is 1.49. The van der Waals surface area contributed by atoms with Gasteiger partial charge in [-0.25, -0.2) is 4.39 Å². The Balaban J connectivity index is 1.82. The van der Waals surface area contributed by atoms with Gasteiger partial charge in [-0.3, -0.25) is 14.9 Å². The van der Waals surface area contributed by atoms with Gasteiger partial charge in [0.15, 0.2) is 0 Å². The molecule has 3 rings (SSSR count). The molecule has 0 unspecified atom stereocenters. The van der Waals surface area contributed by atoms with Crippen LogP contribution in [0.2, 0.25) is 0 Å². The van der Waals surface area contributed by atoms with E-state index in [9.17, 15) is 24.6 Å². The molecule has 0 aliphatic carbocycles. The minimum atomic E-state index is -0.666. The summed E-state index contributed by atoms with van der Waals surface area (Å²) in [6.45, 7) is 0.0929. The van der Waals surface area contributed by atoms with Gasteiger partial charge in [-0.2, -0.15) is 5.26 Å². The molecule has 33 heavy (non-hydrogen) atoms. The van der Waals surface area contributed by atoms with Crippen LogP contribution in [0, 0.1) is 27.3 Å². The van der Waals surface area contributed by atoms with Crippen LogP contribution in [0.25, 0.3) is 6.08 Å². The van der Waals surface area contributed by atoms with Gasteiger partial charge in [-0.05, 0) is 60.2 Å². The number of benzene rings is 3. The van der Waals surface area contributed by atoms with Crippen LogP contribution < -0.4 is 14.8 Å². The maximum absolute atomic E-state index is 13.1. The fraction of sp³-hybridized carbons (Fsp3) is 0.0833. The van der Waals surface area contributed by atoms with E-state index in [4.69, 9.17) is 9.47 Å². The van der Waals surface area contributed by atoms with Gasteiger partial charge < -0.3 is 14.8 Å². The number of nitro benzene ring substituents is 1. The monoisotopic (exact) mass is 447 g/mol. The van der Waals surface area contributed by atoms with E-state index in [1.54, 1.807) is 30.3 Å². The topological polar surface area (TPSA) is 114 Å². The molecule has 0 saturated heterocycles. The smallest absolute Gasteiger partial charge is 0.269 e. The summed E-state index contributed by atoms with van der Waals surface area (Å²) < 4.78 is 24.1. The Labute approximate surface area is 188 Å². The number of carbonyl (C=O) groups is 1. The van der Waals surface area contributed by atoms with Crippen molar-refractivity contribution in [2.75, 3.05) is 12.4 Å². The summed E-state index contributed by atoms with van der Waals surface area (Å²) in [6.07, 6.45) is 1.36. The minimum Gasteiger partial charge on any atom is -0.497 e. The van der Waals surface area contributed by atoms with Gasteiger partial charge in [0.05, 0.1) is 12.0 Å². The van der Waals surface area contributed by atoms with Crippen molar-refractivity contribution in [3.8, 4) is 17.6 Å². The van der Waals surface area contributed by atoms with Crippen LogP contribution in [0.4, 0.5) is 15.8 Å². The molecule has 0 radical (unpaired) electrons. The first-order chi connectivity index (χ1) is 15.9. The van der Waals surface area contributed by atoms with E-state index in [-0.39, 0.29) is 17.9 Å². The number of nitriles is 1. The lowest BCUT2D eigenvalue weighted by atomic mass is 10.1. The van der Waals surface area contributed by atoms with E-state index in [0.717, 1.165) is 0 Å². The Hall–Kier alpha value is -4.71. The van der Waals surface area contributed by atoms with Gasteiger partial charge in [0.1, 0.15) is 35.6 Å². The molecule has 0 saturated carbocycles. The summed E-state index contributed by atoms with van der Waals surface area (Å²) in [6, 6.07) is 17.8. The normalized spacial score (nSPS) is 10.8. The fourth-order valence-corrected chi connectivity index (χ4v) is 2.80. The van der Waals surface area contributed by atoms with Crippen molar-refractivity contribution in [3.05, 3.63) is 99.4 Å². The van der Waals surface area contributed by atoms with Crippen LogP contribution >= 0.6 is 0 Å². The van der Waals surface area contributed by atoms with Crippen molar-refractivity contribution in [3.63, 3.8) is 0 Å². The van der Waals surface area contributed by atoms with E-state index < -0.39 is 16.6 Å². The number of rotatable bonds is 8. The minimum absolute atomic E-state index is 0.0328. The van der Waals surface area contributed by atoms with E-state index in [0.29, 0.717) is 28.3 Å². The van der Waals surface area contributed by atoms with Crippen molar-refractivity contribution >= 4 is 23.4 Å². The number of nitrogens with zero attached hydrogens (tertiary/aromatic N) is 2. The SMILES string of the molecule is COc1ccc(/C=C(\C#N)C(=O)Nc2ccc(F)cc2)c(OCc2ccc([N+](=O)[O-])cc2)c1. The third kappa shape index (κ3) is 6.15. The zero-order valence-corrected chi connectivity index (χ0v) is 17.4. The molecule has 0 aliphatic rings. The Morgan fingerprint density at radius 1 is 1.15 bits per heavy atom. The van der Waals surface area contributed by atoms with Gasteiger partial charge in [-0.15, -0.1) is 0 Å². The summed E-state index contributed by atoms with van der Waals surface area (Å²) in [5.41, 5.74) is 1.25. The average Bonchev–Trinajstić information content (AvgIpc) is 2.83. The second-order valence-corrected chi connectivity index (χ2v) is 6.75. The van der Waals surface area contributed by atoms with Crippen LogP contribution in [-0.2, 0) is 11.4 Å². The second-order valence-electron chi connectivity index (χ2n) is 6.75. The first kappa shape index (κ1) is 23.0. The molecule has 0 aliphatic heterocycles. The molecule has 0 aromatic heterocycles. The molecule has 0 atom stereocenters. The maximum atomic E-state index is 13.1. The molecule has 3 aromatic carbocycles. The second kappa shape index (κ2) is 10.5. The van der Waals surface area contributed by atoms with E-state index in [1.165, 1.54) is 49.6 Å². The summed E-state index contributed by atoms with van der Waals surface area (Å²) in [4.78, 5) is 22.8. The zero-order chi connectivity index (χ0) is 23.8. The molecule has 1 amide bonds. The quantitative estimate of drug-likeness (QED) is 0.228. The third-order valence-corrected chi connectivity index (χ3v) is 4.53. The molecular formula is C24H18FN3O5. The molecular weight excluding hydrogens is 429 g/mol. The van der Waals surface area contributed by atoms with Crippen molar-refractivity contribution < 1.29 is 23.6 Å². The van der Waals surface area contributed by atoms with E-state index in [2.05, 4.69) is 5.32 Å². The number of nitrogens with one attached hydrogen (secondary N) is 1. The highest BCUT2D eigenvalue weighted by molar-refractivity contribution is 6.09. The summed E-state index contributed by atoms with van der Waals surface area (Å²) in [5.74, 6) is -0.270. The number of nitro groups is 1. The van der Waals surface area contributed by atoms with Gasteiger partial charge >= 0.3 is 0 Å². The van der Waals surface area contributed by atoms with Crippen molar-refractivity contribution in [1.29, 1.82) is 5.26 Å². The van der Waals surface area contributed by atoms with Gasteiger partial charge in [0, 0.05) is 29.4 Å². The number of hydrogen-bond acceptors (Lipinski definition) is 6. The summed E-state index contributed by atoms with van der Waals surface area (Å²) >= 11 is 0. The maximum Gasteiger partial charge on any atom is 0.269 e. The number of anilines is 1. The Morgan fingerprint density at radius 2 is 1.85 bits per heavy atom. The first-order valence-electron chi connectivity index (χ1n) is 9.62. The molecule has 1 N–H and O–H groups in total. The van der Waals surface area contributed by atoms with Gasteiger partial charge in [0.2, 0.25) is 0 Å². The predicted octanol–water partition coefficient (Wildman–Crippen LogP) is 4.87. The van der Waals surface area contributed by atoms with Crippen LogP contribution in [0.3, 0.4) is 0 Å². The lowest BCUT2D eigenvalue weighted by Crippen LogP contribution is -2.13. The van der Waals surface area contributed by atoms with Crippen LogP contribution in [0.15, 0.2) is 72.3 Å². The molecule has 9 heteroatoms. The summed E-state index contributed by atoms with van der Waals surface area (Å²) in [5, 5.41) is 22.8. The van der Waals surface area contributed by atoms with Crippen LogP contribution in [0.5, 0.6) is 11.5 Å². The lowest BCUT2D eigenvalue weighted by Gasteiger charge is -2.12. The lowest BCUT2D eigenvalue weighted by molar-refractivity contribution is -0.384. The van der Waals surface area contributed by atoms with E-state index >= 15 is 0 Å². The number of methoxy groups -OCH3 is 1. The number of non-ortho nitro benzene ring substituents is 1. The molecule has 0 bridgehead atoms. The highest BCUT2D eigenvalue weighted by Gasteiger charge is 2.13.